The molecule has 3 atom stereocenters. The minimum atomic E-state index is -1.17. The van der Waals surface area contributed by atoms with E-state index in [1.165, 1.54) is 62.7 Å². The normalized spacial score (nSPS) is 23.5. The summed E-state index contributed by atoms with van der Waals surface area (Å²) in [5, 5.41) is 35.6. The largest absolute Gasteiger partial charge is 0.508 e. The third-order valence-corrected chi connectivity index (χ3v) is 9.29. The van der Waals surface area contributed by atoms with Crippen molar-refractivity contribution < 1.29 is 30.0 Å². The van der Waals surface area contributed by atoms with E-state index in [-0.39, 0.29) is 23.7 Å². The van der Waals surface area contributed by atoms with E-state index in [0.29, 0.717) is 11.5 Å². The van der Waals surface area contributed by atoms with Crippen LogP contribution in [0, 0.1) is 0 Å². The number of phenolic OH excluding ortho intramolecular Hbond substituents is 2. The number of likely N-dealkylation sites (N-methyl/N-ethyl adjacent to an activating group) is 2. The maximum Gasteiger partial charge on any atom is 0.320 e. The molecular weight excluding hydrogens is 558 g/mol. The summed E-state index contributed by atoms with van der Waals surface area (Å²) in [5.41, 5.74) is 8.05. The van der Waals surface area contributed by atoms with Gasteiger partial charge in [0, 0.05) is 30.3 Å². The maximum absolute atomic E-state index is 9.99. The van der Waals surface area contributed by atoms with Crippen LogP contribution < -0.4 is 5.73 Å². The summed E-state index contributed by atoms with van der Waals surface area (Å²) in [6, 6.07) is 14.6. The summed E-state index contributed by atoms with van der Waals surface area (Å²) in [5.74, 6) is -1.41. The fourth-order valence-electron chi connectivity index (χ4n) is 6.57. The molecule has 2 fully saturated rings. The van der Waals surface area contributed by atoms with Gasteiger partial charge in [0.25, 0.3) is 0 Å². The minimum absolute atomic E-state index is 0.0231. The molecule has 2 aromatic rings. The highest BCUT2D eigenvalue weighted by Crippen LogP contribution is 2.38. The van der Waals surface area contributed by atoms with Crippen molar-refractivity contribution in [1.82, 2.24) is 9.80 Å². The number of hydrogen-bond acceptors (Lipinski definition) is 7. The molecule has 246 valence electrons. The first kappa shape index (κ1) is 37.0. The molecule has 2 unspecified atom stereocenters. The van der Waals surface area contributed by atoms with Gasteiger partial charge >= 0.3 is 11.9 Å². The summed E-state index contributed by atoms with van der Waals surface area (Å²) in [6.45, 7) is 9.13. The third-order valence-electron chi connectivity index (χ3n) is 9.29. The molecule has 9 heteroatoms. The maximum atomic E-state index is 9.99. The monoisotopic (exact) mass is 613 g/mol. The smallest absolute Gasteiger partial charge is 0.320 e. The highest BCUT2D eigenvalue weighted by atomic mass is 16.4. The Morgan fingerprint density at radius 3 is 1.57 bits per heavy atom. The lowest BCUT2D eigenvalue weighted by atomic mass is 9.74. The molecule has 0 aliphatic carbocycles. The molecular formula is C35H55N3O6. The van der Waals surface area contributed by atoms with Crippen LogP contribution in [0.5, 0.6) is 11.5 Å². The molecule has 0 radical (unpaired) electrons. The van der Waals surface area contributed by atoms with E-state index in [4.69, 9.17) is 15.9 Å². The number of nitrogens with zero attached hydrogens (tertiary/aromatic N) is 2. The molecule has 2 aliphatic rings. The van der Waals surface area contributed by atoms with E-state index in [2.05, 4.69) is 49.9 Å². The number of aliphatic carboxylic acids is 2. The molecule has 2 aromatic carbocycles. The Morgan fingerprint density at radius 2 is 1.23 bits per heavy atom. The number of carboxylic acids is 2. The van der Waals surface area contributed by atoms with Crippen LogP contribution in [-0.4, -0.2) is 88.5 Å². The van der Waals surface area contributed by atoms with Crippen molar-refractivity contribution in [2.75, 3.05) is 40.3 Å². The Bertz CT molecular complexity index is 1100. The van der Waals surface area contributed by atoms with Crippen LogP contribution in [0.3, 0.4) is 0 Å². The van der Waals surface area contributed by atoms with Crippen LogP contribution in [0.15, 0.2) is 48.5 Å². The van der Waals surface area contributed by atoms with E-state index in [9.17, 15) is 19.8 Å². The summed E-state index contributed by atoms with van der Waals surface area (Å²) in [7, 11) is 4.41. The lowest BCUT2D eigenvalue weighted by molar-refractivity contribution is -0.139. The molecule has 0 saturated carbocycles. The Morgan fingerprint density at radius 1 is 0.795 bits per heavy atom. The van der Waals surface area contributed by atoms with Crippen molar-refractivity contribution in [2.24, 2.45) is 5.73 Å². The Kier molecular flexibility index (Phi) is 15.1. The Labute approximate surface area is 263 Å². The molecule has 44 heavy (non-hydrogen) atoms. The average molecular weight is 614 g/mol. The van der Waals surface area contributed by atoms with Gasteiger partial charge in [0.15, 0.2) is 0 Å². The molecule has 2 aliphatic heterocycles. The molecule has 0 bridgehead atoms. The highest BCUT2D eigenvalue weighted by Gasteiger charge is 2.34. The van der Waals surface area contributed by atoms with Crippen LogP contribution in [-0.2, 0) is 20.4 Å². The van der Waals surface area contributed by atoms with E-state index < -0.39 is 18.0 Å². The zero-order valence-corrected chi connectivity index (χ0v) is 27.2. The first-order valence-electron chi connectivity index (χ1n) is 16.0. The van der Waals surface area contributed by atoms with Gasteiger partial charge in [-0.2, -0.15) is 0 Å². The number of benzene rings is 2. The topological polar surface area (TPSA) is 148 Å². The van der Waals surface area contributed by atoms with Crippen molar-refractivity contribution in [3.05, 3.63) is 59.7 Å². The van der Waals surface area contributed by atoms with Crippen LogP contribution in [0.1, 0.15) is 89.2 Å². The molecule has 2 heterocycles. The quantitative estimate of drug-likeness (QED) is 0.258. The second kappa shape index (κ2) is 18.0. The summed E-state index contributed by atoms with van der Waals surface area (Å²) in [4.78, 5) is 24.7. The van der Waals surface area contributed by atoms with E-state index in [0.717, 1.165) is 25.9 Å². The molecule has 2 saturated heterocycles. The number of rotatable bonds is 8. The van der Waals surface area contributed by atoms with Gasteiger partial charge in [-0.05, 0) is 108 Å². The van der Waals surface area contributed by atoms with Crippen molar-refractivity contribution >= 4 is 11.9 Å². The van der Waals surface area contributed by atoms with Gasteiger partial charge in [0.1, 0.15) is 17.5 Å². The van der Waals surface area contributed by atoms with Gasteiger partial charge in [0.05, 0.1) is 0 Å². The minimum Gasteiger partial charge on any atom is -0.508 e. The van der Waals surface area contributed by atoms with E-state index in [1.54, 1.807) is 12.1 Å². The van der Waals surface area contributed by atoms with Crippen molar-refractivity contribution in [1.29, 1.82) is 0 Å². The van der Waals surface area contributed by atoms with E-state index >= 15 is 0 Å². The van der Waals surface area contributed by atoms with Gasteiger partial charge in [-0.25, -0.2) is 0 Å². The molecule has 0 spiro atoms. The first-order chi connectivity index (χ1) is 20.9. The molecule has 0 amide bonds. The van der Waals surface area contributed by atoms with Crippen molar-refractivity contribution in [3.8, 4) is 11.5 Å². The summed E-state index contributed by atoms with van der Waals surface area (Å²) >= 11 is 0. The SMILES string of the molecule is CCC1(c2cccc(O)c2)CCCCN(C)C1.CCC1(c2cccc(O)c2)CCCCN(C)C1.N[C@@H](CCC(=O)O)C(=O)O. The molecule has 6 N–H and O–H groups in total. The van der Waals surface area contributed by atoms with E-state index in [1.807, 2.05) is 24.3 Å². The summed E-state index contributed by atoms with van der Waals surface area (Å²) in [6.07, 6.45) is 9.67. The van der Waals surface area contributed by atoms with Gasteiger partial charge in [-0.1, -0.05) is 51.0 Å². The lowest BCUT2D eigenvalue weighted by Gasteiger charge is -2.35. The molecule has 9 nitrogen and oxygen atoms in total. The van der Waals surface area contributed by atoms with Crippen LogP contribution in [0.4, 0.5) is 0 Å². The van der Waals surface area contributed by atoms with Crippen LogP contribution in [0.25, 0.3) is 0 Å². The second-order valence-corrected chi connectivity index (χ2v) is 12.6. The van der Waals surface area contributed by atoms with Crippen molar-refractivity contribution in [2.45, 2.75) is 94.9 Å². The number of aromatic hydroxyl groups is 2. The number of carbonyl (C=O) groups is 2. The second-order valence-electron chi connectivity index (χ2n) is 12.6. The van der Waals surface area contributed by atoms with Gasteiger partial charge < -0.3 is 36.0 Å². The first-order valence-corrected chi connectivity index (χ1v) is 16.0. The zero-order chi connectivity index (χ0) is 32.8. The number of nitrogens with two attached hydrogens (primary N) is 1. The van der Waals surface area contributed by atoms with Gasteiger partial charge in [-0.3, -0.25) is 9.59 Å². The Balaban J connectivity index is 0.000000240. The molecule has 0 aromatic heterocycles. The predicted molar refractivity (Wildman–Crippen MR) is 175 cm³/mol. The van der Waals surface area contributed by atoms with Gasteiger partial charge in [0.2, 0.25) is 0 Å². The average Bonchev–Trinajstić information content (AvgIpc) is 3.32. The number of phenols is 2. The predicted octanol–water partition coefficient (Wildman–Crippen LogP) is 5.57. The fourth-order valence-corrected chi connectivity index (χ4v) is 6.57. The van der Waals surface area contributed by atoms with Gasteiger partial charge in [-0.15, -0.1) is 0 Å². The van der Waals surface area contributed by atoms with Crippen LogP contribution in [0.2, 0.25) is 0 Å². The highest BCUT2D eigenvalue weighted by molar-refractivity contribution is 5.74. The number of likely N-dealkylation sites (tertiary alicyclic amines) is 2. The molecule has 4 rings (SSSR count). The number of carboxylic acid groups (broad SMARTS) is 2. The standard InChI is InChI=1S/2C15H23NO.C5H9NO4/c2*1-3-15(9-4-5-10-16(2)12-15)13-7-6-8-14(17)11-13;6-3(5(9)10)1-2-4(7)8/h2*6-8,11,17H,3-5,9-10,12H2,1-2H3;3H,1-2,6H2,(H,7,8)(H,9,10)/t;;3-/m..0/s1. The third kappa shape index (κ3) is 11.4. The van der Waals surface area contributed by atoms with Crippen LogP contribution >= 0.6 is 0 Å². The fraction of sp³-hybridized carbons (Fsp3) is 0.600. The summed E-state index contributed by atoms with van der Waals surface area (Å²) < 4.78 is 0. The Hall–Kier alpha value is -3.14. The number of hydrogen-bond donors (Lipinski definition) is 5. The lowest BCUT2D eigenvalue weighted by Crippen LogP contribution is -2.37. The zero-order valence-electron chi connectivity index (χ0n) is 27.2. The van der Waals surface area contributed by atoms with Crippen molar-refractivity contribution in [3.63, 3.8) is 0 Å².